The van der Waals surface area contributed by atoms with Gasteiger partial charge in [-0.1, -0.05) is 26.0 Å². The zero-order chi connectivity index (χ0) is 15.4. The van der Waals surface area contributed by atoms with Crippen molar-refractivity contribution in [3.05, 3.63) is 39.9 Å². The number of hydrogen-bond donors (Lipinski definition) is 1. The van der Waals surface area contributed by atoms with Crippen molar-refractivity contribution in [3.63, 3.8) is 0 Å². The minimum Gasteiger partial charge on any atom is -0.484 e. The van der Waals surface area contributed by atoms with Crippen LogP contribution in [0.2, 0.25) is 0 Å². The molecular weight excluding hydrogens is 332 g/mol. The SMILES string of the molecule is Cc1nnc(COc2c(Br)cccc2CNC(C)C)n1C. The number of aromatic nitrogens is 3. The van der Waals surface area contributed by atoms with E-state index in [0.29, 0.717) is 12.6 Å². The third-order valence-corrected chi connectivity index (χ3v) is 3.90. The average molecular weight is 353 g/mol. The third kappa shape index (κ3) is 4.04. The molecule has 0 fully saturated rings. The largest absolute Gasteiger partial charge is 0.484 e. The Morgan fingerprint density at radius 3 is 2.71 bits per heavy atom. The monoisotopic (exact) mass is 352 g/mol. The van der Waals surface area contributed by atoms with Crippen LogP contribution in [0, 0.1) is 6.92 Å². The van der Waals surface area contributed by atoms with E-state index < -0.39 is 0 Å². The Kier molecular flexibility index (Phi) is 5.36. The number of nitrogens with zero attached hydrogens (tertiary/aromatic N) is 3. The van der Waals surface area contributed by atoms with E-state index in [4.69, 9.17) is 4.74 Å². The number of rotatable bonds is 6. The van der Waals surface area contributed by atoms with Crippen molar-refractivity contribution in [2.75, 3.05) is 0 Å². The van der Waals surface area contributed by atoms with Gasteiger partial charge in [-0.25, -0.2) is 0 Å². The van der Waals surface area contributed by atoms with Crippen LogP contribution in [0.15, 0.2) is 22.7 Å². The van der Waals surface area contributed by atoms with Crippen LogP contribution >= 0.6 is 15.9 Å². The molecule has 0 spiro atoms. The van der Waals surface area contributed by atoms with E-state index in [9.17, 15) is 0 Å². The van der Waals surface area contributed by atoms with Gasteiger partial charge >= 0.3 is 0 Å². The van der Waals surface area contributed by atoms with Crippen LogP contribution < -0.4 is 10.1 Å². The quantitative estimate of drug-likeness (QED) is 0.868. The maximum atomic E-state index is 5.97. The molecule has 0 radical (unpaired) electrons. The predicted molar refractivity (Wildman–Crippen MR) is 86.2 cm³/mol. The second kappa shape index (κ2) is 7.04. The summed E-state index contributed by atoms with van der Waals surface area (Å²) in [6.07, 6.45) is 0. The molecule has 21 heavy (non-hydrogen) atoms. The highest BCUT2D eigenvalue weighted by Crippen LogP contribution is 2.29. The summed E-state index contributed by atoms with van der Waals surface area (Å²) in [5, 5.41) is 11.6. The fourth-order valence-electron chi connectivity index (χ4n) is 1.88. The molecule has 0 atom stereocenters. The van der Waals surface area contributed by atoms with E-state index in [1.165, 1.54) is 0 Å². The molecular formula is C15H21BrN4O. The van der Waals surface area contributed by atoms with Crippen molar-refractivity contribution in [3.8, 4) is 5.75 Å². The second-order valence-corrected chi connectivity index (χ2v) is 6.13. The molecule has 0 saturated carbocycles. The molecule has 1 aromatic carbocycles. The van der Waals surface area contributed by atoms with Gasteiger partial charge in [0.05, 0.1) is 4.47 Å². The number of hydrogen-bond acceptors (Lipinski definition) is 4. The Hall–Kier alpha value is -1.40. The third-order valence-electron chi connectivity index (χ3n) is 3.28. The van der Waals surface area contributed by atoms with Gasteiger partial charge in [0.25, 0.3) is 0 Å². The van der Waals surface area contributed by atoms with Crippen molar-refractivity contribution >= 4 is 15.9 Å². The normalized spacial score (nSPS) is 11.1. The molecule has 0 aliphatic heterocycles. The van der Waals surface area contributed by atoms with Crippen LogP contribution in [0.25, 0.3) is 0 Å². The van der Waals surface area contributed by atoms with E-state index in [2.05, 4.69) is 51.4 Å². The molecule has 0 unspecified atom stereocenters. The van der Waals surface area contributed by atoms with Gasteiger partial charge in [-0.15, -0.1) is 10.2 Å². The lowest BCUT2D eigenvalue weighted by Gasteiger charge is -2.15. The average Bonchev–Trinajstić information content (AvgIpc) is 2.75. The molecule has 0 aliphatic rings. The molecule has 2 aromatic rings. The van der Waals surface area contributed by atoms with Gasteiger partial charge in [0, 0.05) is 25.2 Å². The highest BCUT2D eigenvalue weighted by atomic mass is 79.9. The smallest absolute Gasteiger partial charge is 0.170 e. The van der Waals surface area contributed by atoms with E-state index in [1.54, 1.807) is 0 Å². The summed E-state index contributed by atoms with van der Waals surface area (Å²) in [5.41, 5.74) is 1.12. The van der Waals surface area contributed by atoms with Crippen LogP contribution in [0.1, 0.15) is 31.1 Å². The number of nitrogens with one attached hydrogen (secondary N) is 1. The molecule has 0 bridgehead atoms. The van der Waals surface area contributed by atoms with Gasteiger partial charge in [0.2, 0.25) is 0 Å². The van der Waals surface area contributed by atoms with E-state index in [0.717, 1.165) is 34.0 Å². The van der Waals surface area contributed by atoms with Gasteiger partial charge in [-0.2, -0.15) is 0 Å². The maximum Gasteiger partial charge on any atom is 0.170 e. The lowest BCUT2D eigenvalue weighted by molar-refractivity contribution is 0.285. The zero-order valence-corrected chi connectivity index (χ0v) is 14.4. The first kappa shape index (κ1) is 16.0. The van der Waals surface area contributed by atoms with E-state index in [-0.39, 0.29) is 0 Å². The molecule has 0 aliphatic carbocycles. The van der Waals surface area contributed by atoms with Crippen LogP contribution in [-0.2, 0) is 20.2 Å². The number of ether oxygens (including phenoxy) is 1. The standard InChI is InChI=1S/C15H21BrN4O/c1-10(2)17-8-12-6-5-7-13(16)15(12)21-9-14-19-18-11(3)20(14)4/h5-7,10,17H,8-9H2,1-4H3. The Morgan fingerprint density at radius 2 is 2.10 bits per heavy atom. The molecule has 0 amide bonds. The fourth-order valence-corrected chi connectivity index (χ4v) is 2.40. The molecule has 114 valence electrons. The van der Waals surface area contributed by atoms with Gasteiger partial charge < -0.3 is 14.6 Å². The Balaban J connectivity index is 2.13. The van der Waals surface area contributed by atoms with Crippen molar-refractivity contribution in [1.29, 1.82) is 0 Å². The Labute approximate surface area is 133 Å². The van der Waals surface area contributed by atoms with E-state index >= 15 is 0 Å². The summed E-state index contributed by atoms with van der Waals surface area (Å²) in [7, 11) is 1.94. The number of halogens is 1. The van der Waals surface area contributed by atoms with Crippen molar-refractivity contribution in [2.45, 2.75) is 40.0 Å². The lowest BCUT2D eigenvalue weighted by atomic mass is 10.2. The first-order valence-electron chi connectivity index (χ1n) is 6.97. The number of benzene rings is 1. The summed E-state index contributed by atoms with van der Waals surface area (Å²) < 4.78 is 8.85. The van der Waals surface area contributed by atoms with Gasteiger partial charge in [0.15, 0.2) is 5.82 Å². The number of para-hydroxylation sites is 1. The highest BCUT2D eigenvalue weighted by molar-refractivity contribution is 9.10. The molecule has 1 heterocycles. The van der Waals surface area contributed by atoms with E-state index in [1.807, 2.05) is 30.7 Å². The topological polar surface area (TPSA) is 52.0 Å². The summed E-state index contributed by atoms with van der Waals surface area (Å²) in [6, 6.07) is 6.49. The predicted octanol–water partition coefficient (Wildman–Crippen LogP) is 2.96. The first-order valence-corrected chi connectivity index (χ1v) is 7.76. The van der Waals surface area contributed by atoms with Gasteiger partial charge in [-0.05, 0) is 28.9 Å². The minimum absolute atomic E-state index is 0.397. The van der Waals surface area contributed by atoms with Crippen LogP contribution in [0.3, 0.4) is 0 Å². The van der Waals surface area contributed by atoms with Crippen LogP contribution in [0.5, 0.6) is 5.75 Å². The summed E-state index contributed by atoms with van der Waals surface area (Å²) in [4.78, 5) is 0. The summed E-state index contributed by atoms with van der Waals surface area (Å²) in [6.45, 7) is 7.34. The fraction of sp³-hybridized carbons (Fsp3) is 0.467. The molecule has 5 nitrogen and oxygen atoms in total. The summed E-state index contributed by atoms with van der Waals surface area (Å²) in [5.74, 6) is 2.54. The summed E-state index contributed by atoms with van der Waals surface area (Å²) >= 11 is 3.56. The molecule has 1 aromatic heterocycles. The highest BCUT2D eigenvalue weighted by Gasteiger charge is 2.11. The molecule has 2 rings (SSSR count). The van der Waals surface area contributed by atoms with Crippen molar-refractivity contribution < 1.29 is 4.74 Å². The Bertz CT molecular complexity index is 610. The first-order chi connectivity index (χ1) is 9.99. The van der Waals surface area contributed by atoms with Crippen molar-refractivity contribution in [2.24, 2.45) is 7.05 Å². The van der Waals surface area contributed by atoms with Crippen molar-refractivity contribution in [1.82, 2.24) is 20.1 Å². The maximum absolute atomic E-state index is 5.97. The van der Waals surface area contributed by atoms with Gasteiger partial charge in [-0.3, -0.25) is 0 Å². The minimum atomic E-state index is 0.397. The molecule has 6 heteroatoms. The Morgan fingerprint density at radius 1 is 1.33 bits per heavy atom. The van der Waals surface area contributed by atoms with Crippen LogP contribution in [0.4, 0.5) is 0 Å². The molecule has 0 saturated heterocycles. The number of aryl methyl sites for hydroxylation is 1. The second-order valence-electron chi connectivity index (χ2n) is 5.27. The molecule has 1 N–H and O–H groups in total. The lowest BCUT2D eigenvalue weighted by Crippen LogP contribution is -2.22. The zero-order valence-electron chi connectivity index (χ0n) is 12.9. The van der Waals surface area contributed by atoms with Gasteiger partial charge in [0.1, 0.15) is 18.2 Å². The van der Waals surface area contributed by atoms with Crippen LogP contribution in [-0.4, -0.2) is 20.8 Å².